The Bertz CT molecular complexity index is 905. The second-order valence-electron chi connectivity index (χ2n) is 8.22. The molecule has 3 heterocycles. The molecular formula is C19H31N5O2. The van der Waals surface area contributed by atoms with E-state index >= 15 is 0 Å². The summed E-state index contributed by atoms with van der Waals surface area (Å²) in [6.45, 7) is 10.2. The van der Waals surface area contributed by atoms with Crippen LogP contribution in [0.4, 0.5) is 0 Å². The van der Waals surface area contributed by atoms with Gasteiger partial charge in [-0.3, -0.25) is 18.8 Å². The largest absolute Gasteiger partial charge is 0.332 e. The van der Waals surface area contributed by atoms with Crippen molar-refractivity contribution in [1.82, 2.24) is 23.6 Å². The lowest BCUT2D eigenvalue weighted by Crippen LogP contribution is -2.37. The minimum absolute atomic E-state index is 0.252. The molecular weight excluding hydrogens is 330 g/mol. The number of likely N-dealkylation sites (tertiary alicyclic amines) is 1. The van der Waals surface area contributed by atoms with Crippen molar-refractivity contribution in [3.63, 3.8) is 0 Å². The molecule has 7 heteroatoms. The van der Waals surface area contributed by atoms with Gasteiger partial charge < -0.3 is 4.57 Å². The van der Waals surface area contributed by atoms with E-state index in [0.717, 1.165) is 38.4 Å². The van der Waals surface area contributed by atoms with Gasteiger partial charge in [0.05, 0.1) is 6.54 Å². The molecule has 2 aromatic rings. The van der Waals surface area contributed by atoms with Gasteiger partial charge in [-0.1, -0.05) is 20.8 Å². The first-order valence-electron chi connectivity index (χ1n) is 9.67. The Morgan fingerprint density at radius 2 is 1.92 bits per heavy atom. The maximum atomic E-state index is 12.8. The Labute approximate surface area is 154 Å². The van der Waals surface area contributed by atoms with Crippen LogP contribution in [0.15, 0.2) is 9.59 Å². The van der Waals surface area contributed by atoms with E-state index in [0.29, 0.717) is 23.0 Å². The number of hydrogen-bond donors (Lipinski definition) is 0. The van der Waals surface area contributed by atoms with Gasteiger partial charge in [-0.15, -0.1) is 0 Å². The zero-order valence-electron chi connectivity index (χ0n) is 16.7. The number of nitrogens with zero attached hydrogens (tertiary/aromatic N) is 5. The molecule has 0 saturated carbocycles. The van der Waals surface area contributed by atoms with Crippen molar-refractivity contribution in [2.24, 2.45) is 25.9 Å². The third kappa shape index (κ3) is 3.49. The molecule has 0 bridgehead atoms. The first kappa shape index (κ1) is 18.9. The van der Waals surface area contributed by atoms with Crippen LogP contribution in [0, 0.1) is 11.8 Å². The van der Waals surface area contributed by atoms with Crippen molar-refractivity contribution < 1.29 is 0 Å². The molecule has 3 rings (SSSR count). The van der Waals surface area contributed by atoms with Crippen LogP contribution in [-0.4, -0.2) is 36.7 Å². The number of imidazole rings is 1. The van der Waals surface area contributed by atoms with Crippen molar-refractivity contribution in [3.05, 3.63) is 26.7 Å². The summed E-state index contributed by atoms with van der Waals surface area (Å²) in [6.07, 6.45) is 3.45. The van der Waals surface area contributed by atoms with Gasteiger partial charge in [-0.25, -0.2) is 9.78 Å². The van der Waals surface area contributed by atoms with E-state index in [4.69, 9.17) is 4.98 Å². The number of hydrogen-bond acceptors (Lipinski definition) is 4. The lowest BCUT2D eigenvalue weighted by atomic mass is 10.0. The Balaban J connectivity index is 2.10. The highest BCUT2D eigenvalue weighted by Crippen LogP contribution is 2.20. The van der Waals surface area contributed by atoms with Gasteiger partial charge in [0.25, 0.3) is 5.56 Å². The molecule has 1 unspecified atom stereocenters. The van der Waals surface area contributed by atoms with Crippen LogP contribution in [0.2, 0.25) is 0 Å². The molecule has 144 valence electrons. The van der Waals surface area contributed by atoms with E-state index < -0.39 is 0 Å². The monoisotopic (exact) mass is 361 g/mol. The van der Waals surface area contributed by atoms with E-state index in [2.05, 4.69) is 30.2 Å². The number of rotatable bonds is 5. The molecule has 1 aliphatic rings. The third-order valence-corrected chi connectivity index (χ3v) is 5.46. The number of piperidine rings is 1. The smallest absolute Gasteiger partial charge is 0.321 e. The third-order valence-electron chi connectivity index (χ3n) is 5.46. The van der Waals surface area contributed by atoms with Crippen molar-refractivity contribution in [1.29, 1.82) is 0 Å². The van der Waals surface area contributed by atoms with Crippen LogP contribution in [0.3, 0.4) is 0 Å². The molecule has 0 amide bonds. The summed E-state index contributed by atoms with van der Waals surface area (Å²) in [5.41, 5.74) is 0.476. The van der Waals surface area contributed by atoms with Crippen LogP contribution >= 0.6 is 0 Å². The van der Waals surface area contributed by atoms with Crippen molar-refractivity contribution in [2.45, 2.75) is 53.1 Å². The topological polar surface area (TPSA) is 65.1 Å². The molecule has 0 aromatic carbocycles. The standard InChI is InChI=1S/C19H31N5O2/c1-13(2)8-10-24-15(12-23-9-6-7-14(3)11-23)20-17-16(24)18(25)22(5)19(26)21(17)4/h13-14H,6-12H2,1-5H3. The van der Waals surface area contributed by atoms with Crippen molar-refractivity contribution in [2.75, 3.05) is 13.1 Å². The predicted molar refractivity (Wildman–Crippen MR) is 103 cm³/mol. The maximum Gasteiger partial charge on any atom is 0.332 e. The van der Waals surface area contributed by atoms with Crippen LogP contribution in [0.5, 0.6) is 0 Å². The van der Waals surface area contributed by atoms with Gasteiger partial charge in [0.1, 0.15) is 5.82 Å². The zero-order chi connectivity index (χ0) is 19.0. The summed E-state index contributed by atoms with van der Waals surface area (Å²) < 4.78 is 4.73. The van der Waals surface area contributed by atoms with Crippen molar-refractivity contribution >= 4 is 11.2 Å². The van der Waals surface area contributed by atoms with E-state index in [-0.39, 0.29) is 11.2 Å². The van der Waals surface area contributed by atoms with E-state index in [1.807, 2.05) is 0 Å². The molecule has 0 N–H and O–H groups in total. The van der Waals surface area contributed by atoms with E-state index in [9.17, 15) is 9.59 Å². The van der Waals surface area contributed by atoms with Crippen LogP contribution in [-0.2, 0) is 27.2 Å². The Hall–Kier alpha value is -1.89. The summed E-state index contributed by atoms with van der Waals surface area (Å²) in [6, 6.07) is 0. The highest BCUT2D eigenvalue weighted by molar-refractivity contribution is 5.71. The Morgan fingerprint density at radius 1 is 1.19 bits per heavy atom. The van der Waals surface area contributed by atoms with Crippen molar-refractivity contribution in [3.8, 4) is 0 Å². The minimum Gasteiger partial charge on any atom is -0.321 e. The normalized spacial score (nSPS) is 18.9. The molecule has 0 radical (unpaired) electrons. The van der Waals surface area contributed by atoms with E-state index in [1.165, 1.54) is 29.0 Å². The van der Waals surface area contributed by atoms with E-state index in [1.54, 1.807) is 7.05 Å². The summed E-state index contributed by atoms with van der Waals surface area (Å²) in [5.74, 6) is 2.12. The first-order valence-corrected chi connectivity index (χ1v) is 9.67. The van der Waals surface area contributed by atoms with Gasteiger partial charge in [-0.05, 0) is 37.6 Å². The molecule has 7 nitrogen and oxygen atoms in total. The molecule has 0 aliphatic carbocycles. The maximum absolute atomic E-state index is 12.8. The molecule has 1 fully saturated rings. The fourth-order valence-corrected chi connectivity index (χ4v) is 3.87. The fraction of sp³-hybridized carbons (Fsp3) is 0.737. The molecule has 1 atom stereocenters. The highest BCUT2D eigenvalue weighted by atomic mass is 16.2. The quantitative estimate of drug-likeness (QED) is 0.813. The Kier molecular flexibility index (Phi) is 5.37. The average molecular weight is 361 g/mol. The van der Waals surface area contributed by atoms with Gasteiger partial charge in [0.2, 0.25) is 0 Å². The summed E-state index contributed by atoms with van der Waals surface area (Å²) >= 11 is 0. The summed E-state index contributed by atoms with van der Waals surface area (Å²) in [5, 5.41) is 0. The van der Waals surface area contributed by atoms with Crippen LogP contribution < -0.4 is 11.2 Å². The molecule has 1 aliphatic heterocycles. The second kappa shape index (κ2) is 7.39. The predicted octanol–water partition coefficient (Wildman–Crippen LogP) is 1.71. The molecule has 26 heavy (non-hydrogen) atoms. The van der Waals surface area contributed by atoms with Gasteiger partial charge in [-0.2, -0.15) is 0 Å². The van der Waals surface area contributed by atoms with Gasteiger partial charge >= 0.3 is 5.69 Å². The average Bonchev–Trinajstić information content (AvgIpc) is 2.94. The Morgan fingerprint density at radius 3 is 2.58 bits per heavy atom. The van der Waals surface area contributed by atoms with Crippen LogP contribution in [0.1, 0.15) is 45.9 Å². The lowest BCUT2D eigenvalue weighted by Gasteiger charge is -2.30. The fourth-order valence-electron chi connectivity index (χ4n) is 3.87. The first-order chi connectivity index (χ1) is 12.3. The van der Waals surface area contributed by atoms with Gasteiger partial charge in [0.15, 0.2) is 11.2 Å². The highest BCUT2D eigenvalue weighted by Gasteiger charge is 2.23. The number of fused-ring (bicyclic) bond motifs is 1. The SMILES string of the molecule is CC(C)CCn1c(CN2CCCC(C)C2)nc2c1c(=O)n(C)c(=O)n2C. The minimum atomic E-state index is -0.325. The summed E-state index contributed by atoms with van der Waals surface area (Å²) in [4.78, 5) is 32.3. The number of aromatic nitrogens is 4. The zero-order valence-corrected chi connectivity index (χ0v) is 16.7. The molecule has 0 spiro atoms. The van der Waals surface area contributed by atoms with Gasteiger partial charge in [0, 0.05) is 27.2 Å². The second-order valence-corrected chi connectivity index (χ2v) is 8.22. The van der Waals surface area contributed by atoms with Crippen LogP contribution in [0.25, 0.3) is 11.2 Å². The molecule has 2 aromatic heterocycles. The lowest BCUT2D eigenvalue weighted by molar-refractivity contribution is 0.171. The molecule has 1 saturated heterocycles. The number of aryl methyl sites for hydroxylation is 2. The summed E-state index contributed by atoms with van der Waals surface area (Å²) in [7, 11) is 3.23.